The Morgan fingerprint density at radius 3 is 2.88 bits per heavy atom. The van der Waals surface area contributed by atoms with E-state index in [2.05, 4.69) is 20.6 Å². The highest BCUT2D eigenvalue weighted by atomic mass is 19.1. The van der Waals surface area contributed by atoms with Crippen molar-refractivity contribution in [1.82, 2.24) is 15.3 Å². The lowest BCUT2D eigenvalue weighted by atomic mass is 10.0. The second-order valence-electron chi connectivity index (χ2n) is 7.55. The molecule has 1 aromatic carbocycles. The molecular formula is C23H23FN4O4. The number of fused-ring (bicyclic) bond motifs is 1. The molecule has 0 saturated heterocycles. The summed E-state index contributed by atoms with van der Waals surface area (Å²) in [5.74, 6) is -1.37. The number of benzene rings is 1. The number of methoxy groups -OCH3 is 1. The van der Waals surface area contributed by atoms with E-state index in [0.29, 0.717) is 11.3 Å². The van der Waals surface area contributed by atoms with Crippen LogP contribution in [0.15, 0.2) is 42.6 Å². The molecule has 3 aromatic rings. The molecular weight excluding hydrogens is 415 g/mol. The van der Waals surface area contributed by atoms with Crippen molar-refractivity contribution in [2.75, 3.05) is 19.0 Å². The van der Waals surface area contributed by atoms with Gasteiger partial charge in [-0.3, -0.25) is 9.59 Å². The molecule has 0 radical (unpaired) electrons. The van der Waals surface area contributed by atoms with Crippen molar-refractivity contribution in [2.45, 2.75) is 25.3 Å². The number of aliphatic carboxylic acids is 1. The molecule has 4 rings (SSSR count). The van der Waals surface area contributed by atoms with Gasteiger partial charge in [0.15, 0.2) is 11.6 Å². The maximum Gasteiger partial charge on any atom is 0.305 e. The number of hydrogen-bond acceptors (Lipinski definition) is 5. The van der Waals surface area contributed by atoms with Crippen LogP contribution < -0.4 is 15.4 Å². The molecule has 32 heavy (non-hydrogen) atoms. The van der Waals surface area contributed by atoms with E-state index in [-0.39, 0.29) is 11.4 Å². The first-order valence-electron chi connectivity index (χ1n) is 10.2. The number of H-pyrrole nitrogens is 1. The van der Waals surface area contributed by atoms with Crippen LogP contribution in [-0.2, 0) is 11.2 Å². The lowest BCUT2D eigenvalue weighted by Gasteiger charge is -2.18. The molecule has 1 aliphatic heterocycles. The van der Waals surface area contributed by atoms with Gasteiger partial charge in [0.25, 0.3) is 5.91 Å². The summed E-state index contributed by atoms with van der Waals surface area (Å²) in [6.45, 7) is 0.876. The third-order valence-electron chi connectivity index (χ3n) is 5.38. The van der Waals surface area contributed by atoms with Crippen LogP contribution in [0.4, 0.5) is 10.2 Å². The van der Waals surface area contributed by atoms with Crippen molar-refractivity contribution in [3.8, 4) is 17.0 Å². The minimum Gasteiger partial charge on any atom is -0.494 e. The monoisotopic (exact) mass is 438 g/mol. The summed E-state index contributed by atoms with van der Waals surface area (Å²) in [4.78, 5) is 31.7. The molecule has 1 aliphatic rings. The van der Waals surface area contributed by atoms with Gasteiger partial charge >= 0.3 is 5.97 Å². The first-order chi connectivity index (χ1) is 15.4. The smallest absolute Gasteiger partial charge is 0.305 e. The standard InChI is InChI=1S/C23H23FN4O4/c1-32-20-7-5-14(9-16(20)24)18(11-21(29)30)28-23(31)19-10-15(12-26-19)17-6-4-13-3-2-8-25-22(13)27-17/h4-7,9-10,12,18,26H,2-3,8,11H2,1H3,(H,25,27)(H,28,31)(H,29,30)/t18-/m0/s1. The summed E-state index contributed by atoms with van der Waals surface area (Å²) in [5, 5.41) is 15.2. The van der Waals surface area contributed by atoms with Gasteiger partial charge in [0, 0.05) is 18.3 Å². The number of ether oxygens (including phenoxy) is 1. The van der Waals surface area contributed by atoms with E-state index in [0.717, 1.165) is 42.4 Å². The van der Waals surface area contributed by atoms with E-state index >= 15 is 0 Å². The molecule has 2 aromatic heterocycles. The van der Waals surface area contributed by atoms with Gasteiger partial charge in [0.2, 0.25) is 0 Å². The average Bonchev–Trinajstić information content (AvgIpc) is 3.28. The summed E-state index contributed by atoms with van der Waals surface area (Å²) in [5.41, 5.74) is 3.19. The number of carboxylic acids is 1. The fourth-order valence-electron chi connectivity index (χ4n) is 3.72. The van der Waals surface area contributed by atoms with E-state index in [1.54, 1.807) is 12.3 Å². The van der Waals surface area contributed by atoms with Crippen LogP contribution in [0.2, 0.25) is 0 Å². The molecule has 8 nitrogen and oxygen atoms in total. The Morgan fingerprint density at radius 1 is 1.28 bits per heavy atom. The molecule has 3 heterocycles. The molecule has 1 amide bonds. The van der Waals surface area contributed by atoms with Crippen LogP contribution in [0.5, 0.6) is 5.75 Å². The summed E-state index contributed by atoms with van der Waals surface area (Å²) in [7, 11) is 1.34. The first kappa shape index (κ1) is 21.4. The molecule has 0 unspecified atom stereocenters. The zero-order valence-corrected chi connectivity index (χ0v) is 17.4. The third-order valence-corrected chi connectivity index (χ3v) is 5.38. The number of anilines is 1. The van der Waals surface area contributed by atoms with Gasteiger partial charge in [-0.1, -0.05) is 12.1 Å². The van der Waals surface area contributed by atoms with Crippen LogP contribution in [0.25, 0.3) is 11.3 Å². The van der Waals surface area contributed by atoms with E-state index in [1.807, 2.05) is 12.1 Å². The number of carbonyl (C=O) groups is 2. The number of pyridine rings is 1. The van der Waals surface area contributed by atoms with Gasteiger partial charge in [-0.25, -0.2) is 9.37 Å². The molecule has 0 bridgehead atoms. The Bertz CT molecular complexity index is 1160. The zero-order valence-electron chi connectivity index (χ0n) is 17.4. The number of aromatic nitrogens is 2. The highest BCUT2D eigenvalue weighted by Gasteiger charge is 2.22. The molecule has 1 atom stereocenters. The third kappa shape index (κ3) is 4.56. The first-order valence-corrected chi connectivity index (χ1v) is 10.2. The van der Waals surface area contributed by atoms with Crippen molar-refractivity contribution in [1.29, 1.82) is 0 Å². The van der Waals surface area contributed by atoms with Gasteiger partial charge in [-0.2, -0.15) is 0 Å². The summed E-state index contributed by atoms with van der Waals surface area (Å²) < 4.78 is 19.0. The fraction of sp³-hybridized carbons (Fsp3) is 0.261. The molecule has 0 saturated carbocycles. The quantitative estimate of drug-likeness (QED) is 0.449. The van der Waals surface area contributed by atoms with Crippen molar-refractivity contribution in [3.63, 3.8) is 0 Å². The molecule has 0 spiro atoms. The van der Waals surface area contributed by atoms with E-state index < -0.39 is 30.2 Å². The zero-order chi connectivity index (χ0) is 22.7. The van der Waals surface area contributed by atoms with Crippen LogP contribution in [-0.4, -0.2) is 40.6 Å². The molecule has 0 fully saturated rings. The van der Waals surface area contributed by atoms with Crippen LogP contribution in [0, 0.1) is 5.82 Å². The predicted octanol–water partition coefficient (Wildman–Crippen LogP) is 3.53. The number of hydrogen-bond donors (Lipinski definition) is 4. The summed E-state index contributed by atoms with van der Waals surface area (Å²) in [6.07, 6.45) is 3.32. The van der Waals surface area contributed by atoms with Crippen molar-refractivity contribution >= 4 is 17.7 Å². The molecule has 0 aliphatic carbocycles. The number of rotatable bonds is 7. The second-order valence-corrected chi connectivity index (χ2v) is 7.55. The molecule has 4 N–H and O–H groups in total. The Hall–Kier alpha value is -3.88. The highest BCUT2D eigenvalue weighted by molar-refractivity contribution is 5.94. The second kappa shape index (κ2) is 9.09. The molecule has 166 valence electrons. The van der Waals surface area contributed by atoms with Crippen LogP contribution in [0.1, 0.15) is 40.5 Å². The Labute approximate surface area is 183 Å². The average molecular weight is 438 g/mol. The lowest BCUT2D eigenvalue weighted by Crippen LogP contribution is -2.30. The van der Waals surface area contributed by atoms with Gasteiger partial charge in [-0.15, -0.1) is 0 Å². The van der Waals surface area contributed by atoms with Crippen LogP contribution in [0.3, 0.4) is 0 Å². The largest absolute Gasteiger partial charge is 0.494 e. The predicted molar refractivity (Wildman–Crippen MR) is 116 cm³/mol. The van der Waals surface area contributed by atoms with E-state index in [9.17, 15) is 19.1 Å². The van der Waals surface area contributed by atoms with E-state index in [1.165, 1.54) is 19.2 Å². The van der Waals surface area contributed by atoms with Gasteiger partial charge < -0.3 is 25.5 Å². The number of carbonyl (C=O) groups excluding carboxylic acids is 1. The number of nitrogens with zero attached hydrogens (tertiary/aromatic N) is 1. The SMILES string of the molecule is COc1ccc([C@H](CC(=O)O)NC(=O)c2cc(-c3ccc4c(n3)NCCC4)c[nH]2)cc1F. The topological polar surface area (TPSA) is 116 Å². The number of halogens is 1. The maximum atomic E-state index is 14.1. The number of aryl methyl sites for hydroxylation is 1. The van der Waals surface area contributed by atoms with Crippen LogP contribution >= 0.6 is 0 Å². The van der Waals surface area contributed by atoms with Crippen molar-refractivity contribution in [3.05, 3.63) is 65.2 Å². The summed E-state index contributed by atoms with van der Waals surface area (Å²) in [6, 6.07) is 8.75. The lowest BCUT2D eigenvalue weighted by molar-refractivity contribution is -0.137. The number of carboxylic acid groups (broad SMARTS) is 1. The normalized spacial score (nSPS) is 13.6. The minimum atomic E-state index is -1.12. The van der Waals surface area contributed by atoms with Gasteiger partial charge in [0.1, 0.15) is 11.5 Å². The Balaban J connectivity index is 1.53. The van der Waals surface area contributed by atoms with Gasteiger partial charge in [0.05, 0.1) is 25.3 Å². The minimum absolute atomic E-state index is 0.0372. The summed E-state index contributed by atoms with van der Waals surface area (Å²) >= 11 is 0. The Morgan fingerprint density at radius 2 is 2.12 bits per heavy atom. The van der Waals surface area contributed by atoms with Crippen molar-refractivity contribution in [2.24, 2.45) is 0 Å². The van der Waals surface area contributed by atoms with E-state index in [4.69, 9.17) is 4.74 Å². The number of nitrogens with one attached hydrogen (secondary N) is 3. The molecule has 9 heteroatoms. The van der Waals surface area contributed by atoms with Gasteiger partial charge in [-0.05, 0) is 48.2 Å². The fourth-order valence-corrected chi connectivity index (χ4v) is 3.72. The van der Waals surface area contributed by atoms with Crippen molar-refractivity contribution < 1.29 is 23.8 Å². The highest BCUT2D eigenvalue weighted by Crippen LogP contribution is 2.27. The number of amides is 1. The maximum absolute atomic E-state index is 14.1. The Kier molecular flexibility index (Phi) is 6.07. The number of aromatic amines is 1.